The third-order valence-electron chi connectivity index (χ3n) is 8.79. The minimum absolute atomic E-state index is 0.0408. The van der Waals surface area contributed by atoms with Crippen LogP contribution in [0.5, 0.6) is 5.75 Å². The molecule has 0 radical (unpaired) electrons. The van der Waals surface area contributed by atoms with Gasteiger partial charge in [0.05, 0.1) is 5.56 Å². The number of rotatable bonds is 3. The molecule has 4 saturated heterocycles. The number of halogens is 2. The molecule has 2 aromatic rings. The van der Waals surface area contributed by atoms with Crippen LogP contribution in [0.4, 0.5) is 8.78 Å². The molecular formula is C28H31F2N3O3. The summed E-state index contributed by atoms with van der Waals surface area (Å²) in [7, 11) is 0. The third kappa shape index (κ3) is 3.95. The van der Waals surface area contributed by atoms with E-state index in [2.05, 4.69) is 10.2 Å². The summed E-state index contributed by atoms with van der Waals surface area (Å²) in [4.78, 5) is 31.4. The highest BCUT2D eigenvalue weighted by molar-refractivity contribution is 6.00. The highest BCUT2D eigenvalue weighted by Crippen LogP contribution is 2.44. The Morgan fingerprint density at radius 1 is 1.00 bits per heavy atom. The molecule has 4 fully saturated rings. The Labute approximate surface area is 209 Å². The zero-order chi connectivity index (χ0) is 25.0. The molecule has 1 unspecified atom stereocenters. The Bertz CT molecular complexity index is 1200. The van der Waals surface area contributed by atoms with Crippen molar-refractivity contribution in [3.8, 4) is 16.9 Å². The number of carbonyl (C=O) groups is 2. The van der Waals surface area contributed by atoms with E-state index >= 15 is 0 Å². The first-order valence-electron chi connectivity index (χ1n) is 13.0. The molecule has 0 saturated carbocycles. The monoisotopic (exact) mass is 495 g/mol. The lowest BCUT2D eigenvalue weighted by Gasteiger charge is -2.59. The van der Waals surface area contributed by atoms with Gasteiger partial charge in [0.15, 0.2) is 0 Å². The predicted octanol–water partition coefficient (Wildman–Crippen LogP) is 3.93. The van der Waals surface area contributed by atoms with E-state index in [0.717, 1.165) is 37.9 Å². The summed E-state index contributed by atoms with van der Waals surface area (Å²) in [5, 5.41) is 13.2. The van der Waals surface area contributed by atoms with E-state index < -0.39 is 23.6 Å². The smallest absolute Gasteiger partial charge is 0.255 e. The van der Waals surface area contributed by atoms with Gasteiger partial charge in [0, 0.05) is 30.3 Å². The van der Waals surface area contributed by atoms with Crippen LogP contribution in [0.15, 0.2) is 36.4 Å². The van der Waals surface area contributed by atoms with Crippen LogP contribution in [0.2, 0.25) is 0 Å². The van der Waals surface area contributed by atoms with Crippen LogP contribution >= 0.6 is 0 Å². The zero-order valence-electron chi connectivity index (χ0n) is 20.1. The average molecular weight is 496 g/mol. The minimum atomic E-state index is -0.757. The van der Waals surface area contributed by atoms with E-state index in [1.54, 1.807) is 0 Å². The van der Waals surface area contributed by atoms with Gasteiger partial charge in [-0.25, -0.2) is 8.78 Å². The highest BCUT2D eigenvalue weighted by Gasteiger charge is 2.52. The molecule has 4 aliphatic rings. The summed E-state index contributed by atoms with van der Waals surface area (Å²) in [5.41, 5.74) is 0.422. The van der Waals surface area contributed by atoms with Crippen molar-refractivity contribution in [3.05, 3.63) is 53.6 Å². The molecular weight excluding hydrogens is 464 g/mol. The van der Waals surface area contributed by atoms with Crippen molar-refractivity contribution >= 4 is 11.8 Å². The zero-order valence-corrected chi connectivity index (χ0v) is 20.1. The molecule has 6 rings (SSSR count). The van der Waals surface area contributed by atoms with Crippen molar-refractivity contribution in [2.45, 2.75) is 56.7 Å². The average Bonchev–Trinajstić information content (AvgIpc) is 2.87. The largest absolute Gasteiger partial charge is 0.507 e. The lowest BCUT2D eigenvalue weighted by atomic mass is 9.67. The molecule has 0 aromatic heterocycles. The van der Waals surface area contributed by atoms with Gasteiger partial charge < -0.3 is 15.3 Å². The van der Waals surface area contributed by atoms with E-state index in [9.17, 15) is 23.5 Å². The standard InChI is InChI=1S/C28H31F2N3O3/c29-18-6-7-19(22(30)14-18)16-5-10-25(34)21(13-16)27(35)31-23-8-9-24-20-4-2-12-32-11-1-3-17(26(20)32)15-33(24)28(23)36/h5-7,10,13-14,17,20,23-24,26,34H,1-4,8-9,11-12,15H2,(H,31,35)/t17-,20+,23?,24+,26-/m0/s1. The van der Waals surface area contributed by atoms with Crippen LogP contribution in [0.25, 0.3) is 11.1 Å². The van der Waals surface area contributed by atoms with Crippen molar-refractivity contribution in [2.24, 2.45) is 11.8 Å². The van der Waals surface area contributed by atoms with E-state index in [4.69, 9.17) is 0 Å². The van der Waals surface area contributed by atoms with Crippen molar-refractivity contribution in [2.75, 3.05) is 19.6 Å². The fourth-order valence-corrected chi connectivity index (χ4v) is 7.26. The number of phenolic OH excluding ortho intramolecular Hbond substituents is 1. The van der Waals surface area contributed by atoms with Crippen molar-refractivity contribution in [1.82, 2.24) is 15.1 Å². The van der Waals surface area contributed by atoms with E-state index in [-0.39, 0.29) is 28.8 Å². The lowest BCUT2D eigenvalue weighted by Crippen LogP contribution is -2.69. The fourth-order valence-electron chi connectivity index (χ4n) is 7.26. The molecule has 4 heterocycles. The van der Waals surface area contributed by atoms with Crippen LogP contribution in [-0.2, 0) is 4.79 Å². The van der Waals surface area contributed by atoms with Crippen molar-refractivity contribution in [1.29, 1.82) is 0 Å². The topological polar surface area (TPSA) is 72.9 Å². The Hall–Kier alpha value is -3.00. The van der Waals surface area contributed by atoms with Gasteiger partial charge in [0.2, 0.25) is 5.91 Å². The minimum Gasteiger partial charge on any atom is -0.507 e. The molecule has 0 bridgehead atoms. The second kappa shape index (κ2) is 9.14. The molecule has 5 atom stereocenters. The molecule has 2 aromatic carbocycles. The number of hydrogen-bond acceptors (Lipinski definition) is 4. The molecule has 2 amide bonds. The van der Waals surface area contributed by atoms with Crippen molar-refractivity contribution in [3.63, 3.8) is 0 Å². The van der Waals surface area contributed by atoms with Crippen LogP contribution < -0.4 is 5.32 Å². The third-order valence-corrected chi connectivity index (χ3v) is 8.79. The normalized spacial score (nSPS) is 29.9. The maximum Gasteiger partial charge on any atom is 0.255 e. The number of hydrogen-bond donors (Lipinski definition) is 2. The lowest BCUT2D eigenvalue weighted by molar-refractivity contribution is -0.153. The number of fused-ring (bicyclic) bond motifs is 2. The molecule has 36 heavy (non-hydrogen) atoms. The Kier molecular flexibility index (Phi) is 5.94. The first-order valence-corrected chi connectivity index (χ1v) is 13.0. The summed E-state index contributed by atoms with van der Waals surface area (Å²) < 4.78 is 27.6. The molecule has 8 heteroatoms. The van der Waals surface area contributed by atoms with Gasteiger partial charge in [-0.2, -0.15) is 0 Å². The van der Waals surface area contributed by atoms with Crippen LogP contribution in [0.1, 0.15) is 48.9 Å². The molecule has 0 spiro atoms. The summed E-state index contributed by atoms with van der Waals surface area (Å²) >= 11 is 0. The molecule has 6 nitrogen and oxygen atoms in total. The summed E-state index contributed by atoms with van der Waals surface area (Å²) in [6, 6.07) is 7.54. The van der Waals surface area contributed by atoms with Gasteiger partial charge in [0.1, 0.15) is 23.4 Å². The van der Waals surface area contributed by atoms with Gasteiger partial charge in [-0.15, -0.1) is 0 Å². The van der Waals surface area contributed by atoms with E-state index in [0.29, 0.717) is 29.9 Å². The maximum absolute atomic E-state index is 14.3. The molecule has 4 aliphatic heterocycles. The Morgan fingerprint density at radius 3 is 2.61 bits per heavy atom. The number of piperidine rings is 4. The summed E-state index contributed by atoms with van der Waals surface area (Å²) in [6.45, 7) is 3.08. The number of phenols is 1. The SMILES string of the molecule is O=C(NC1CC[C@@H]2[C@H]3CCCN4CCC[C@@H](CN2C1=O)[C@@H]34)c1cc(-c2ccc(F)cc2F)ccc1O. The van der Waals surface area contributed by atoms with Gasteiger partial charge in [-0.05, 0) is 93.3 Å². The van der Waals surface area contributed by atoms with Gasteiger partial charge in [-0.3, -0.25) is 14.5 Å². The first-order chi connectivity index (χ1) is 17.4. The van der Waals surface area contributed by atoms with Gasteiger partial charge >= 0.3 is 0 Å². The maximum atomic E-state index is 14.3. The van der Waals surface area contributed by atoms with Crippen LogP contribution in [-0.4, -0.2) is 64.5 Å². The van der Waals surface area contributed by atoms with Crippen LogP contribution in [0, 0.1) is 23.5 Å². The summed E-state index contributed by atoms with van der Waals surface area (Å²) in [5.74, 6) is -1.33. The second-order valence-electron chi connectivity index (χ2n) is 10.8. The number of amides is 2. The number of nitrogens with zero attached hydrogens (tertiary/aromatic N) is 2. The number of carbonyl (C=O) groups excluding carboxylic acids is 2. The Balaban J connectivity index is 1.20. The number of aromatic hydroxyl groups is 1. The van der Waals surface area contributed by atoms with E-state index in [1.165, 1.54) is 50.2 Å². The van der Waals surface area contributed by atoms with E-state index in [1.807, 2.05) is 4.90 Å². The number of nitrogens with one attached hydrogen (secondary N) is 1. The molecule has 0 aliphatic carbocycles. The second-order valence-corrected chi connectivity index (χ2v) is 10.8. The number of benzene rings is 2. The predicted molar refractivity (Wildman–Crippen MR) is 130 cm³/mol. The molecule has 2 N–H and O–H groups in total. The first kappa shape index (κ1) is 23.4. The molecule has 190 valence electrons. The highest BCUT2D eigenvalue weighted by atomic mass is 19.1. The fraction of sp³-hybridized carbons (Fsp3) is 0.500. The summed E-state index contributed by atoms with van der Waals surface area (Å²) in [6.07, 6.45) is 6.06. The van der Waals surface area contributed by atoms with Crippen molar-refractivity contribution < 1.29 is 23.5 Å². The Morgan fingerprint density at radius 2 is 1.81 bits per heavy atom. The van der Waals surface area contributed by atoms with Crippen LogP contribution in [0.3, 0.4) is 0 Å². The van der Waals surface area contributed by atoms with Gasteiger partial charge in [0.25, 0.3) is 5.91 Å². The van der Waals surface area contributed by atoms with Gasteiger partial charge in [-0.1, -0.05) is 6.07 Å². The quantitative estimate of drug-likeness (QED) is 0.677.